The number of hydrogen-bond donors (Lipinski definition) is 1. The van der Waals surface area contributed by atoms with Crippen LogP contribution in [0.4, 0.5) is 0 Å². The number of benzene rings is 1. The van der Waals surface area contributed by atoms with Crippen molar-refractivity contribution in [3.8, 4) is 11.5 Å². The summed E-state index contributed by atoms with van der Waals surface area (Å²) >= 11 is 0. The van der Waals surface area contributed by atoms with Gasteiger partial charge in [0.05, 0.1) is 5.92 Å². The van der Waals surface area contributed by atoms with E-state index in [-0.39, 0.29) is 18.9 Å². The standard InChI is InChI=1S/C16H19N3O4/c1-11(16(21)22)10-19(2)14(20)9-8-13-17-18-15(23-13)12-6-4-3-5-7-12/h3-7,11H,8-10H2,1-2H3,(H,21,22). The lowest BCUT2D eigenvalue weighted by Crippen LogP contribution is -2.33. The minimum atomic E-state index is -0.922. The van der Waals surface area contributed by atoms with E-state index in [0.717, 1.165) is 5.56 Å². The summed E-state index contributed by atoms with van der Waals surface area (Å²) in [6.45, 7) is 1.74. The predicted molar refractivity (Wildman–Crippen MR) is 82.5 cm³/mol. The van der Waals surface area contributed by atoms with Crippen LogP contribution in [-0.2, 0) is 16.0 Å². The van der Waals surface area contributed by atoms with Crippen molar-refractivity contribution in [2.75, 3.05) is 13.6 Å². The zero-order chi connectivity index (χ0) is 16.8. The van der Waals surface area contributed by atoms with Crippen LogP contribution in [0, 0.1) is 5.92 Å². The first kappa shape index (κ1) is 16.7. The molecule has 2 aromatic rings. The highest BCUT2D eigenvalue weighted by Gasteiger charge is 2.18. The highest BCUT2D eigenvalue weighted by atomic mass is 16.4. The molecule has 0 bridgehead atoms. The fourth-order valence-corrected chi connectivity index (χ4v) is 2.05. The fourth-order valence-electron chi connectivity index (χ4n) is 2.05. The van der Waals surface area contributed by atoms with Gasteiger partial charge >= 0.3 is 5.97 Å². The first-order chi connectivity index (χ1) is 11.0. The Labute approximate surface area is 133 Å². The van der Waals surface area contributed by atoms with Crippen molar-refractivity contribution in [3.05, 3.63) is 36.2 Å². The number of aromatic nitrogens is 2. The Kier molecular flexibility index (Phi) is 5.46. The molecule has 1 heterocycles. The number of amides is 1. The van der Waals surface area contributed by atoms with Crippen molar-refractivity contribution in [1.29, 1.82) is 0 Å². The van der Waals surface area contributed by atoms with Crippen LogP contribution in [0.25, 0.3) is 11.5 Å². The zero-order valence-corrected chi connectivity index (χ0v) is 13.1. The summed E-state index contributed by atoms with van der Waals surface area (Å²) in [6, 6.07) is 9.38. The lowest BCUT2D eigenvalue weighted by atomic mass is 10.1. The third-order valence-electron chi connectivity index (χ3n) is 3.44. The van der Waals surface area contributed by atoms with E-state index in [0.29, 0.717) is 18.2 Å². The first-order valence-electron chi connectivity index (χ1n) is 7.32. The number of aliphatic carboxylic acids is 1. The minimum absolute atomic E-state index is 0.155. The molecule has 122 valence electrons. The summed E-state index contributed by atoms with van der Waals surface area (Å²) in [5.74, 6) is -0.874. The molecule has 0 aliphatic carbocycles. The van der Waals surface area contributed by atoms with E-state index in [9.17, 15) is 9.59 Å². The SMILES string of the molecule is CC(CN(C)C(=O)CCc1nnc(-c2ccccc2)o1)C(=O)O. The maximum Gasteiger partial charge on any atom is 0.308 e. The van der Waals surface area contributed by atoms with E-state index >= 15 is 0 Å². The molecule has 0 fully saturated rings. The summed E-state index contributed by atoms with van der Waals surface area (Å²) in [5, 5.41) is 16.8. The second-order valence-electron chi connectivity index (χ2n) is 5.38. The average Bonchev–Trinajstić information content (AvgIpc) is 3.02. The summed E-state index contributed by atoms with van der Waals surface area (Å²) in [7, 11) is 1.59. The third kappa shape index (κ3) is 4.64. The largest absolute Gasteiger partial charge is 0.481 e. The fraction of sp³-hybridized carbons (Fsp3) is 0.375. The van der Waals surface area contributed by atoms with E-state index in [1.807, 2.05) is 30.3 Å². The predicted octanol–water partition coefficient (Wildman–Crippen LogP) is 1.85. The molecule has 0 saturated carbocycles. The lowest BCUT2D eigenvalue weighted by molar-refractivity contribution is -0.142. The van der Waals surface area contributed by atoms with Gasteiger partial charge in [0.15, 0.2) is 0 Å². The Morgan fingerprint density at radius 1 is 1.26 bits per heavy atom. The van der Waals surface area contributed by atoms with Crippen LogP contribution in [-0.4, -0.2) is 45.7 Å². The Balaban J connectivity index is 1.87. The summed E-state index contributed by atoms with van der Waals surface area (Å²) in [5.41, 5.74) is 0.824. The van der Waals surface area contributed by atoms with Gasteiger partial charge in [-0.1, -0.05) is 25.1 Å². The van der Waals surface area contributed by atoms with Crippen LogP contribution in [0.5, 0.6) is 0 Å². The maximum atomic E-state index is 12.0. The molecule has 0 aliphatic rings. The molecular formula is C16H19N3O4. The number of rotatable bonds is 7. The number of carbonyl (C=O) groups is 2. The van der Waals surface area contributed by atoms with Gasteiger partial charge in [-0.15, -0.1) is 10.2 Å². The number of carbonyl (C=O) groups excluding carboxylic acids is 1. The van der Waals surface area contributed by atoms with Crippen LogP contribution < -0.4 is 0 Å². The Morgan fingerprint density at radius 3 is 2.61 bits per heavy atom. The molecule has 7 heteroatoms. The van der Waals surface area contributed by atoms with Crippen LogP contribution in [0.2, 0.25) is 0 Å². The second kappa shape index (κ2) is 7.53. The molecule has 1 aromatic carbocycles. The van der Waals surface area contributed by atoms with Crippen LogP contribution in [0.15, 0.2) is 34.7 Å². The molecule has 1 unspecified atom stereocenters. The average molecular weight is 317 g/mol. The van der Waals surface area contributed by atoms with Crippen molar-refractivity contribution in [1.82, 2.24) is 15.1 Å². The summed E-state index contributed by atoms with van der Waals surface area (Å²) in [4.78, 5) is 24.2. The van der Waals surface area contributed by atoms with Crippen LogP contribution in [0.1, 0.15) is 19.2 Å². The maximum absolute atomic E-state index is 12.0. The Morgan fingerprint density at radius 2 is 1.96 bits per heavy atom. The highest BCUT2D eigenvalue weighted by molar-refractivity contribution is 5.77. The Bertz CT molecular complexity index is 669. The molecule has 0 radical (unpaired) electrons. The smallest absolute Gasteiger partial charge is 0.308 e. The van der Waals surface area contributed by atoms with E-state index < -0.39 is 11.9 Å². The third-order valence-corrected chi connectivity index (χ3v) is 3.44. The van der Waals surface area contributed by atoms with Crippen molar-refractivity contribution < 1.29 is 19.1 Å². The molecule has 7 nitrogen and oxygen atoms in total. The van der Waals surface area contributed by atoms with E-state index in [1.54, 1.807) is 14.0 Å². The van der Waals surface area contributed by atoms with Gasteiger partial charge < -0.3 is 14.4 Å². The molecular weight excluding hydrogens is 298 g/mol. The highest BCUT2D eigenvalue weighted by Crippen LogP contribution is 2.17. The molecule has 0 spiro atoms. The molecule has 1 N–H and O–H groups in total. The number of nitrogens with zero attached hydrogens (tertiary/aromatic N) is 3. The molecule has 1 amide bonds. The second-order valence-corrected chi connectivity index (χ2v) is 5.38. The molecule has 0 aliphatic heterocycles. The molecule has 2 rings (SSSR count). The topological polar surface area (TPSA) is 96.5 Å². The van der Waals surface area contributed by atoms with Crippen molar-refractivity contribution in [3.63, 3.8) is 0 Å². The van der Waals surface area contributed by atoms with Gasteiger partial charge in [0.25, 0.3) is 0 Å². The van der Waals surface area contributed by atoms with Gasteiger partial charge in [-0.2, -0.15) is 0 Å². The van der Waals surface area contributed by atoms with Gasteiger partial charge in [-0.05, 0) is 12.1 Å². The van der Waals surface area contributed by atoms with Crippen LogP contribution >= 0.6 is 0 Å². The monoisotopic (exact) mass is 317 g/mol. The summed E-state index contributed by atoms with van der Waals surface area (Å²) < 4.78 is 5.53. The van der Waals surface area contributed by atoms with E-state index in [4.69, 9.17) is 9.52 Å². The van der Waals surface area contributed by atoms with Gasteiger partial charge in [-0.25, -0.2) is 0 Å². The number of carboxylic acids is 1. The normalized spacial score (nSPS) is 11.9. The quantitative estimate of drug-likeness (QED) is 0.837. The van der Waals surface area contributed by atoms with Gasteiger partial charge in [0.2, 0.25) is 17.7 Å². The summed E-state index contributed by atoms with van der Waals surface area (Å²) in [6.07, 6.45) is 0.518. The van der Waals surface area contributed by atoms with Gasteiger partial charge in [0.1, 0.15) is 0 Å². The van der Waals surface area contributed by atoms with Gasteiger partial charge in [-0.3, -0.25) is 9.59 Å². The lowest BCUT2D eigenvalue weighted by Gasteiger charge is -2.19. The van der Waals surface area contributed by atoms with Crippen molar-refractivity contribution in [2.45, 2.75) is 19.8 Å². The first-order valence-corrected chi connectivity index (χ1v) is 7.32. The zero-order valence-electron chi connectivity index (χ0n) is 13.1. The van der Waals surface area contributed by atoms with Crippen molar-refractivity contribution in [2.24, 2.45) is 5.92 Å². The van der Waals surface area contributed by atoms with Crippen molar-refractivity contribution >= 4 is 11.9 Å². The number of hydrogen-bond acceptors (Lipinski definition) is 5. The number of aryl methyl sites for hydroxylation is 1. The molecule has 1 atom stereocenters. The minimum Gasteiger partial charge on any atom is -0.481 e. The molecule has 0 saturated heterocycles. The molecule has 23 heavy (non-hydrogen) atoms. The van der Waals surface area contributed by atoms with E-state index in [2.05, 4.69) is 10.2 Å². The van der Waals surface area contributed by atoms with E-state index in [1.165, 1.54) is 4.90 Å². The molecule has 1 aromatic heterocycles. The Hall–Kier alpha value is -2.70. The number of carboxylic acid groups (broad SMARTS) is 1. The van der Waals surface area contributed by atoms with Crippen LogP contribution in [0.3, 0.4) is 0 Å². The van der Waals surface area contributed by atoms with Gasteiger partial charge in [0, 0.05) is 32.0 Å².